The normalized spacial score (nSPS) is 21.8. The molecule has 1 aliphatic rings. The van der Waals surface area contributed by atoms with Crippen molar-refractivity contribution in [2.24, 2.45) is 0 Å². The Kier molecular flexibility index (Phi) is 4.16. The highest BCUT2D eigenvalue weighted by Gasteiger charge is 2.18. The Bertz CT molecular complexity index is 190. The summed E-state index contributed by atoms with van der Waals surface area (Å²) in [5.74, 6) is 0.277. The highest BCUT2D eigenvalue weighted by molar-refractivity contribution is 5.81. The molecule has 13 heavy (non-hydrogen) atoms. The van der Waals surface area contributed by atoms with Crippen LogP contribution in [0.2, 0.25) is 0 Å². The molecule has 1 rings (SSSR count). The first kappa shape index (κ1) is 10.5. The number of Topliss-reactive ketones (excluding diaryl/α,β-unsaturated/α-hetero) is 1. The van der Waals surface area contributed by atoms with Gasteiger partial charge in [-0.05, 0) is 19.3 Å². The summed E-state index contributed by atoms with van der Waals surface area (Å²) in [6.07, 6.45) is 4.36. The fraction of sp³-hybridized carbons (Fsp3) is 0.727. The number of carbonyl (C=O) groups excluding carboxylic acids is 1. The standard InChI is InChI=1S/C11H18O2/c1-3-9(2)7-10(12)8-11-5-4-6-13-11/h11H,2-8H2,1H3. The summed E-state index contributed by atoms with van der Waals surface area (Å²) in [4.78, 5) is 11.4. The Balaban J connectivity index is 2.20. The number of hydrogen-bond acceptors (Lipinski definition) is 2. The predicted molar refractivity (Wildman–Crippen MR) is 52.6 cm³/mol. The van der Waals surface area contributed by atoms with Crippen LogP contribution in [0.4, 0.5) is 0 Å². The average Bonchev–Trinajstić information content (AvgIpc) is 2.56. The Morgan fingerprint density at radius 3 is 2.92 bits per heavy atom. The van der Waals surface area contributed by atoms with Gasteiger partial charge in [0.2, 0.25) is 0 Å². The van der Waals surface area contributed by atoms with Crippen LogP contribution in [0.5, 0.6) is 0 Å². The summed E-state index contributed by atoms with van der Waals surface area (Å²) in [5.41, 5.74) is 1.03. The molecule has 0 radical (unpaired) electrons. The van der Waals surface area contributed by atoms with E-state index < -0.39 is 0 Å². The molecule has 0 bridgehead atoms. The third-order valence-corrected chi connectivity index (χ3v) is 2.43. The molecule has 1 aliphatic heterocycles. The van der Waals surface area contributed by atoms with E-state index >= 15 is 0 Å². The highest BCUT2D eigenvalue weighted by atomic mass is 16.5. The van der Waals surface area contributed by atoms with Crippen LogP contribution in [-0.2, 0) is 9.53 Å². The van der Waals surface area contributed by atoms with E-state index in [1.807, 2.05) is 6.92 Å². The van der Waals surface area contributed by atoms with E-state index in [1.54, 1.807) is 0 Å². The Labute approximate surface area is 80.0 Å². The van der Waals surface area contributed by atoms with Crippen LogP contribution < -0.4 is 0 Å². The number of ketones is 1. The lowest BCUT2D eigenvalue weighted by Gasteiger charge is -2.08. The van der Waals surface area contributed by atoms with Crippen molar-refractivity contribution < 1.29 is 9.53 Å². The van der Waals surface area contributed by atoms with Crippen molar-refractivity contribution in [2.45, 2.75) is 45.1 Å². The molecule has 2 heteroatoms. The largest absolute Gasteiger partial charge is 0.378 e. The van der Waals surface area contributed by atoms with Crippen molar-refractivity contribution in [1.82, 2.24) is 0 Å². The molecule has 0 amide bonds. The minimum atomic E-state index is 0.192. The van der Waals surface area contributed by atoms with E-state index in [2.05, 4.69) is 6.58 Å². The molecule has 0 spiro atoms. The van der Waals surface area contributed by atoms with Gasteiger partial charge in [-0.1, -0.05) is 19.1 Å². The second kappa shape index (κ2) is 5.18. The zero-order valence-corrected chi connectivity index (χ0v) is 8.34. The zero-order chi connectivity index (χ0) is 9.68. The molecule has 0 saturated carbocycles. The maximum absolute atomic E-state index is 11.4. The fourth-order valence-electron chi connectivity index (χ4n) is 1.54. The molecule has 1 atom stereocenters. The molecule has 0 aromatic heterocycles. The van der Waals surface area contributed by atoms with Crippen LogP contribution in [0.25, 0.3) is 0 Å². The van der Waals surface area contributed by atoms with Crippen LogP contribution in [-0.4, -0.2) is 18.5 Å². The quantitative estimate of drug-likeness (QED) is 0.610. The van der Waals surface area contributed by atoms with Gasteiger partial charge in [-0.2, -0.15) is 0 Å². The summed E-state index contributed by atoms with van der Waals surface area (Å²) in [5, 5.41) is 0. The van der Waals surface area contributed by atoms with Crippen molar-refractivity contribution >= 4 is 5.78 Å². The summed E-state index contributed by atoms with van der Waals surface area (Å²) >= 11 is 0. The minimum Gasteiger partial charge on any atom is -0.378 e. The lowest BCUT2D eigenvalue weighted by molar-refractivity contribution is -0.120. The summed E-state index contributed by atoms with van der Waals surface area (Å²) in [6.45, 7) is 6.68. The highest BCUT2D eigenvalue weighted by Crippen LogP contribution is 2.17. The van der Waals surface area contributed by atoms with E-state index in [9.17, 15) is 4.79 Å². The number of allylic oxidation sites excluding steroid dienone is 1. The second-order valence-corrected chi connectivity index (χ2v) is 3.66. The van der Waals surface area contributed by atoms with Gasteiger partial charge in [-0.15, -0.1) is 0 Å². The summed E-state index contributed by atoms with van der Waals surface area (Å²) < 4.78 is 5.39. The van der Waals surface area contributed by atoms with E-state index in [4.69, 9.17) is 4.74 Å². The first-order valence-corrected chi connectivity index (χ1v) is 5.02. The molecule has 0 aliphatic carbocycles. The first-order valence-electron chi connectivity index (χ1n) is 5.02. The third kappa shape index (κ3) is 3.73. The Morgan fingerprint density at radius 2 is 2.38 bits per heavy atom. The third-order valence-electron chi connectivity index (χ3n) is 2.43. The second-order valence-electron chi connectivity index (χ2n) is 3.66. The zero-order valence-electron chi connectivity index (χ0n) is 8.34. The van der Waals surface area contributed by atoms with Crippen LogP contribution >= 0.6 is 0 Å². The van der Waals surface area contributed by atoms with Crippen molar-refractivity contribution in [3.05, 3.63) is 12.2 Å². The molecule has 1 fully saturated rings. The van der Waals surface area contributed by atoms with Gasteiger partial charge < -0.3 is 4.74 Å². The molecule has 1 heterocycles. The van der Waals surface area contributed by atoms with Gasteiger partial charge in [0.15, 0.2) is 0 Å². The van der Waals surface area contributed by atoms with Crippen molar-refractivity contribution in [3.63, 3.8) is 0 Å². The molecule has 74 valence electrons. The molecule has 1 unspecified atom stereocenters. The van der Waals surface area contributed by atoms with Crippen molar-refractivity contribution in [2.75, 3.05) is 6.61 Å². The number of hydrogen-bond donors (Lipinski definition) is 0. The minimum absolute atomic E-state index is 0.192. The van der Waals surface area contributed by atoms with Crippen LogP contribution in [0.3, 0.4) is 0 Å². The molecular weight excluding hydrogens is 164 g/mol. The molecular formula is C11H18O2. The van der Waals surface area contributed by atoms with Gasteiger partial charge in [0, 0.05) is 19.4 Å². The van der Waals surface area contributed by atoms with Crippen molar-refractivity contribution in [1.29, 1.82) is 0 Å². The monoisotopic (exact) mass is 182 g/mol. The SMILES string of the molecule is C=C(CC)CC(=O)CC1CCCO1. The number of carbonyl (C=O) groups is 1. The Hall–Kier alpha value is -0.630. The van der Waals surface area contributed by atoms with Gasteiger partial charge in [-0.3, -0.25) is 4.79 Å². The molecule has 0 aromatic rings. The molecule has 1 saturated heterocycles. The predicted octanol–water partition coefficient (Wildman–Crippen LogP) is 2.48. The van der Waals surface area contributed by atoms with E-state index in [0.29, 0.717) is 12.8 Å². The van der Waals surface area contributed by atoms with Gasteiger partial charge >= 0.3 is 0 Å². The average molecular weight is 182 g/mol. The maximum atomic E-state index is 11.4. The molecule has 2 nitrogen and oxygen atoms in total. The van der Waals surface area contributed by atoms with Gasteiger partial charge in [0.25, 0.3) is 0 Å². The summed E-state index contributed by atoms with van der Waals surface area (Å²) in [7, 11) is 0. The van der Waals surface area contributed by atoms with E-state index in [-0.39, 0.29) is 11.9 Å². The van der Waals surface area contributed by atoms with Gasteiger partial charge in [0.05, 0.1) is 6.10 Å². The molecule has 0 N–H and O–H groups in total. The topological polar surface area (TPSA) is 26.3 Å². The van der Waals surface area contributed by atoms with Gasteiger partial charge in [0.1, 0.15) is 5.78 Å². The van der Waals surface area contributed by atoms with Crippen LogP contribution in [0, 0.1) is 0 Å². The van der Waals surface area contributed by atoms with E-state index in [1.165, 1.54) is 0 Å². The Morgan fingerprint density at radius 1 is 1.62 bits per heavy atom. The van der Waals surface area contributed by atoms with Gasteiger partial charge in [-0.25, -0.2) is 0 Å². The first-order chi connectivity index (χ1) is 6.22. The number of rotatable bonds is 5. The lowest BCUT2D eigenvalue weighted by Crippen LogP contribution is -2.12. The lowest BCUT2D eigenvalue weighted by atomic mass is 10.0. The maximum Gasteiger partial charge on any atom is 0.139 e. The number of ether oxygens (including phenoxy) is 1. The van der Waals surface area contributed by atoms with Crippen molar-refractivity contribution in [3.8, 4) is 0 Å². The fourth-order valence-corrected chi connectivity index (χ4v) is 1.54. The van der Waals surface area contributed by atoms with Crippen LogP contribution in [0.1, 0.15) is 39.0 Å². The van der Waals surface area contributed by atoms with Crippen LogP contribution in [0.15, 0.2) is 12.2 Å². The summed E-state index contributed by atoms with van der Waals surface area (Å²) in [6, 6.07) is 0. The molecule has 0 aromatic carbocycles. The smallest absolute Gasteiger partial charge is 0.139 e. The van der Waals surface area contributed by atoms with E-state index in [0.717, 1.165) is 31.4 Å².